The maximum Gasteiger partial charge on any atom is 0.278 e. The number of piperidine rings is 1. The molecule has 2 fully saturated rings. The van der Waals surface area contributed by atoms with Crippen LogP contribution in [0.25, 0.3) is 0 Å². The van der Waals surface area contributed by atoms with Gasteiger partial charge in [0.25, 0.3) is 11.8 Å². The highest BCUT2D eigenvalue weighted by Crippen LogP contribution is 2.57. The summed E-state index contributed by atoms with van der Waals surface area (Å²) >= 11 is 0. The number of nitrogens with zero attached hydrogens (tertiary/aromatic N) is 2. The lowest BCUT2D eigenvalue weighted by Gasteiger charge is -2.60. The minimum Gasteiger partial charge on any atom is -0.381 e. The van der Waals surface area contributed by atoms with Crippen LogP contribution in [0.4, 0.5) is 10.1 Å². The second kappa shape index (κ2) is 10.1. The topological polar surface area (TPSA) is 111 Å². The van der Waals surface area contributed by atoms with Crippen molar-refractivity contribution in [3.8, 4) is 0 Å². The molecular weight excluding hydrogens is 520 g/mol. The van der Waals surface area contributed by atoms with Gasteiger partial charge in [0.05, 0.1) is 60.3 Å². The van der Waals surface area contributed by atoms with E-state index in [0.717, 1.165) is 0 Å². The Bertz CT molecular complexity index is 1440. The van der Waals surface area contributed by atoms with Gasteiger partial charge in [-0.05, 0) is 33.5 Å². The largest absolute Gasteiger partial charge is 0.381 e. The molecule has 1 atom stereocenters. The second-order valence-corrected chi connectivity index (χ2v) is 10.5. The molecule has 1 unspecified atom stereocenters. The van der Waals surface area contributed by atoms with E-state index < -0.39 is 45.0 Å². The van der Waals surface area contributed by atoms with Gasteiger partial charge in [-0.2, -0.15) is 0 Å². The molecule has 16 heteroatoms. The van der Waals surface area contributed by atoms with Crippen molar-refractivity contribution in [3.63, 3.8) is 0 Å². The van der Waals surface area contributed by atoms with Gasteiger partial charge in [0, 0.05) is 48.6 Å². The molecule has 0 aliphatic carbocycles. The van der Waals surface area contributed by atoms with Gasteiger partial charge in [-0.25, -0.2) is 4.39 Å². The molecule has 3 amide bonds. The number of benzene rings is 2. The highest BCUT2D eigenvalue weighted by Gasteiger charge is 2.68. The summed E-state index contributed by atoms with van der Waals surface area (Å²) in [7, 11) is 36.4. The van der Waals surface area contributed by atoms with Gasteiger partial charge in [0.15, 0.2) is 0 Å². The van der Waals surface area contributed by atoms with Crippen LogP contribution < -0.4 is 10.6 Å². The number of hydrogen-bond donors (Lipinski definition) is 3. The number of halogens is 1. The Labute approximate surface area is 244 Å². The molecule has 3 aliphatic heterocycles. The van der Waals surface area contributed by atoms with Crippen molar-refractivity contribution in [2.24, 2.45) is 0 Å². The first-order valence-electron chi connectivity index (χ1n) is 12.8. The molecule has 3 N–H and O–H groups in total. The quantitative estimate of drug-likeness (QED) is 0.299. The lowest BCUT2D eigenvalue weighted by molar-refractivity contribution is -0.174. The summed E-state index contributed by atoms with van der Waals surface area (Å²) in [4.78, 5) is 41.3. The molecule has 2 aromatic rings. The van der Waals surface area contributed by atoms with Gasteiger partial charge in [0.1, 0.15) is 5.82 Å². The van der Waals surface area contributed by atoms with E-state index in [1.165, 1.54) is 18.2 Å². The third kappa shape index (κ3) is 4.37. The molecule has 5 rings (SSSR count). The highest BCUT2D eigenvalue weighted by atomic mass is 19.1. The molecule has 0 spiro atoms. The maximum absolute atomic E-state index is 15.4. The minimum atomic E-state index is -3.28. The lowest BCUT2D eigenvalue weighted by atomic mass is 9.25. The van der Waals surface area contributed by atoms with Crippen LogP contribution in [0.2, 0.25) is 10.4 Å². The molecule has 2 aromatic carbocycles. The van der Waals surface area contributed by atoms with Crippen LogP contribution in [0.5, 0.6) is 0 Å². The number of rotatable bonds is 6. The zero-order chi connectivity index (χ0) is 30.0. The average molecular weight is 541 g/mol. The molecule has 3 aliphatic rings. The van der Waals surface area contributed by atoms with Crippen molar-refractivity contribution in [1.82, 2.24) is 15.1 Å². The smallest absolute Gasteiger partial charge is 0.278 e. The van der Waals surface area contributed by atoms with Crippen LogP contribution in [0, 0.1) is 5.82 Å². The first kappa shape index (κ1) is 29.5. The third-order valence-corrected chi connectivity index (χ3v) is 7.90. The van der Waals surface area contributed by atoms with Crippen LogP contribution >= 0.6 is 0 Å². The van der Waals surface area contributed by atoms with E-state index >= 15 is 4.39 Å². The number of carbonyl (C=O) groups excluding carboxylic acids is 3. The van der Waals surface area contributed by atoms with Crippen LogP contribution in [0.3, 0.4) is 0 Å². The van der Waals surface area contributed by atoms with E-state index in [9.17, 15) is 19.5 Å². The molecule has 3 heterocycles. The van der Waals surface area contributed by atoms with E-state index in [2.05, 4.69) is 10.2 Å². The standard InChI is InChI=1S/C25H21B6FN4O5/c26-22(27)20(38)34-21(39)23(40,25(22,30)31)36-19(37)15-5-2-6-16(17(15)24(36,28)29)33-11-13-3-1-4-14(18(13)32)12-35-7-9-41-10-8-35/h1-6,33,40H,7-12H2,(H,34,38,39). The van der Waals surface area contributed by atoms with Crippen LogP contribution in [0.1, 0.15) is 27.0 Å². The van der Waals surface area contributed by atoms with Gasteiger partial charge in [0.2, 0.25) is 11.6 Å². The summed E-state index contributed by atoms with van der Waals surface area (Å²) in [5, 5.41) is 8.29. The lowest BCUT2D eigenvalue weighted by Crippen LogP contribution is -2.77. The fraction of sp³-hybridized carbons (Fsp3) is 0.400. The summed E-state index contributed by atoms with van der Waals surface area (Å²) in [6.07, 6.45) is 0. The summed E-state index contributed by atoms with van der Waals surface area (Å²) in [5.41, 5.74) is -2.41. The molecule has 41 heavy (non-hydrogen) atoms. The summed E-state index contributed by atoms with van der Waals surface area (Å²) in [6.45, 7) is 2.93. The van der Waals surface area contributed by atoms with Crippen molar-refractivity contribution < 1.29 is 28.6 Å². The fourth-order valence-electron chi connectivity index (χ4n) is 5.45. The van der Waals surface area contributed by atoms with Crippen molar-refractivity contribution in [2.45, 2.75) is 34.6 Å². The number of imide groups is 1. The Balaban J connectivity index is 1.46. The molecule has 12 radical (unpaired) electrons. The summed E-state index contributed by atoms with van der Waals surface area (Å²) < 4.78 is 20.8. The van der Waals surface area contributed by atoms with Crippen molar-refractivity contribution in [1.29, 1.82) is 0 Å². The fourth-order valence-corrected chi connectivity index (χ4v) is 5.45. The number of nitrogens with one attached hydrogen (secondary N) is 2. The van der Waals surface area contributed by atoms with E-state index in [1.54, 1.807) is 23.5 Å². The molecule has 0 saturated carbocycles. The van der Waals surface area contributed by atoms with Gasteiger partial charge in [-0.15, -0.1) is 0 Å². The Morgan fingerprint density at radius 1 is 0.951 bits per heavy atom. The third-order valence-electron chi connectivity index (χ3n) is 7.90. The number of morpholine rings is 1. The van der Waals surface area contributed by atoms with Crippen LogP contribution in [-0.2, 0) is 32.8 Å². The molecular formula is C25H21B6FN4O5. The average Bonchev–Trinajstić information content (AvgIpc) is 3.13. The molecule has 0 aromatic heterocycles. The van der Waals surface area contributed by atoms with Gasteiger partial charge >= 0.3 is 0 Å². The van der Waals surface area contributed by atoms with E-state index in [1.807, 2.05) is 0 Å². The predicted molar refractivity (Wildman–Crippen MR) is 152 cm³/mol. The Kier molecular flexibility index (Phi) is 7.28. The normalized spacial score (nSPS) is 25.0. The van der Waals surface area contributed by atoms with E-state index in [-0.39, 0.29) is 23.4 Å². The SMILES string of the molecule is [B]C1([B])c2c(NCc3cccc(CN4CCOCC4)c3F)cccc2C(=O)N1C1(O)C(=O)NC(=O)C([B])([B])C1([B])[B]. The number of carbonyl (C=O) groups is 3. The second-order valence-electron chi connectivity index (χ2n) is 10.5. The zero-order valence-corrected chi connectivity index (χ0v) is 22.0. The minimum absolute atomic E-state index is 0.0325. The number of hydrogen-bond acceptors (Lipinski definition) is 7. The molecule has 9 nitrogen and oxygen atoms in total. The first-order valence-corrected chi connectivity index (χ1v) is 12.8. The van der Waals surface area contributed by atoms with E-state index in [4.69, 9.17) is 51.8 Å². The number of amides is 3. The Hall–Kier alpha value is -2.95. The van der Waals surface area contributed by atoms with Crippen LogP contribution in [-0.4, -0.2) is 112 Å². The molecule has 2 saturated heterocycles. The highest BCUT2D eigenvalue weighted by molar-refractivity contribution is 6.64. The van der Waals surface area contributed by atoms with Gasteiger partial charge < -0.3 is 20.1 Å². The molecule has 196 valence electrons. The number of aliphatic hydroxyl groups is 1. The van der Waals surface area contributed by atoms with Crippen LogP contribution in [0.15, 0.2) is 36.4 Å². The van der Waals surface area contributed by atoms with E-state index in [0.29, 0.717) is 48.9 Å². The maximum atomic E-state index is 15.4. The Morgan fingerprint density at radius 2 is 1.59 bits per heavy atom. The first-order chi connectivity index (χ1) is 19.2. The van der Waals surface area contributed by atoms with Gasteiger partial charge in [-0.3, -0.25) is 24.6 Å². The summed E-state index contributed by atoms with van der Waals surface area (Å²) in [6, 6.07) is 9.42. The Morgan fingerprint density at radius 3 is 2.27 bits per heavy atom. The van der Waals surface area contributed by atoms with Crippen molar-refractivity contribution >= 4 is 70.5 Å². The number of anilines is 1. The number of fused-ring (bicyclic) bond motifs is 1. The van der Waals surface area contributed by atoms with Gasteiger partial charge in [-0.1, -0.05) is 24.3 Å². The number of ether oxygens (including phenoxy) is 1. The zero-order valence-electron chi connectivity index (χ0n) is 22.0. The van der Waals surface area contributed by atoms with Crippen molar-refractivity contribution in [2.75, 3.05) is 31.6 Å². The summed E-state index contributed by atoms with van der Waals surface area (Å²) in [5.74, 6) is -4.24. The molecule has 0 bridgehead atoms. The van der Waals surface area contributed by atoms with Crippen molar-refractivity contribution in [3.05, 3.63) is 64.5 Å². The predicted octanol–water partition coefficient (Wildman–Crippen LogP) is -1.58. The monoisotopic (exact) mass is 542 g/mol.